The third-order valence-corrected chi connectivity index (χ3v) is 5.21. The van der Waals surface area contributed by atoms with Crippen molar-refractivity contribution in [2.75, 3.05) is 36.8 Å². The zero-order chi connectivity index (χ0) is 17.9. The Morgan fingerprint density at radius 1 is 1.31 bits per heavy atom. The highest BCUT2D eigenvalue weighted by Gasteiger charge is 2.26. The minimum atomic E-state index is 0.0636. The fourth-order valence-electron chi connectivity index (χ4n) is 3.87. The number of hydrogen-bond donors (Lipinski definition) is 4. The van der Waals surface area contributed by atoms with E-state index in [4.69, 9.17) is 10.2 Å². The van der Waals surface area contributed by atoms with Gasteiger partial charge in [0.15, 0.2) is 12.2 Å². The minimum Gasteiger partial charge on any atom is -0.446 e. The van der Waals surface area contributed by atoms with Crippen molar-refractivity contribution in [3.8, 4) is 0 Å². The monoisotopic (exact) mass is 356 g/mol. The maximum absolute atomic E-state index is 5.66. The number of aromatic nitrogens is 1. The predicted octanol–water partition coefficient (Wildman–Crippen LogP) is 1.71. The molecule has 5 N–H and O–H groups in total. The van der Waals surface area contributed by atoms with E-state index in [9.17, 15) is 0 Å². The van der Waals surface area contributed by atoms with Gasteiger partial charge in [-0.05, 0) is 37.6 Å². The topological polar surface area (TPSA) is 91.4 Å². The van der Waals surface area contributed by atoms with Crippen LogP contribution < -0.4 is 21.7 Å². The Labute approximate surface area is 154 Å². The van der Waals surface area contributed by atoms with Crippen molar-refractivity contribution in [3.05, 3.63) is 41.6 Å². The van der Waals surface area contributed by atoms with Crippen molar-refractivity contribution in [2.24, 2.45) is 5.73 Å². The maximum Gasteiger partial charge on any atom is 0.191 e. The molecule has 140 valence electrons. The van der Waals surface area contributed by atoms with E-state index >= 15 is 0 Å². The molecule has 1 unspecified atom stereocenters. The van der Waals surface area contributed by atoms with Crippen LogP contribution in [-0.2, 0) is 6.42 Å². The molecule has 4 rings (SSSR count). The van der Waals surface area contributed by atoms with Gasteiger partial charge in [0.05, 0.1) is 17.6 Å². The number of para-hydroxylation sites is 1. The second-order valence-corrected chi connectivity index (χ2v) is 7.16. The molecular weight excluding hydrogens is 328 g/mol. The van der Waals surface area contributed by atoms with Crippen molar-refractivity contribution in [3.63, 3.8) is 0 Å². The number of oxazole rings is 1. The van der Waals surface area contributed by atoms with Gasteiger partial charge in [-0.25, -0.2) is 4.98 Å². The van der Waals surface area contributed by atoms with Gasteiger partial charge in [-0.1, -0.05) is 12.1 Å². The summed E-state index contributed by atoms with van der Waals surface area (Å²) < 4.78 is 5.64. The second-order valence-electron chi connectivity index (χ2n) is 7.16. The summed E-state index contributed by atoms with van der Waals surface area (Å²) in [5.41, 5.74) is 9.16. The standard InChI is InChI=1S/C19H28N6O/c1-13-21-12-16(26-13)11-14-3-2-4-17-18(14)24-19(23-17)22-15-5-8-25(9-6-15)10-7-20/h2-4,12,15,19,22-24H,5-11,20H2,1H3. The van der Waals surface area contributed by atoms with Crippen molar-refractivity contribution in [1.29, 1.82) is 0 Å². The third kappa shape index (κ3) is 3.85. The highest BCUT2D eigenvalue weighted by molar-refractivity contribution is 5.77. The first-order valence-corrected chi connectivity index (χ1v) is 9.46. The van der Waals surface area contributed by atoms with Crippen LogP contribution in [0.3, 0.4) is 0 Å². The first kappa shape index (κ1) is 17.3. The van der Waals surface area contributed by atoms with Gasteiger partial charge >= 0.3 is 0 Å². The Balaban J connectivity index is 1.36. The van der Waals surface area contributed by atoms with Gasteiger partial charge in [0, 0.05) is 32.5 Å². The normalized spacial score (nSPS) is 20.6. The van der Waals surface area contributed by atoms with Crippen LogP contribution in [0.25, 0.3) is 0 Å². The fraction of sp³-hybridized carbons (Fsp3) is 0.526. The van der Waals surface area contributed by atoms with Crippen molar-refractivity contribution in [2.45, 2.75) is 38.5 Å². The maximum atomic E-state index is 5.66. The van der Waals surface area contributed by atoms with Gasteiger partial charge in [-0.3, -0.25) is 5.32 Å². The number of fused-ring (bicyclic) bond motifs is 1. The number of nitrogens with one attached hydrogen (secondary N) is 3. The molecule has 2 aromatic rings. The molecule has 2 aliphatic rings. The van der Waals surface area contributed by atoms with Crippen molar-refractivity contribution >= 4 is 11.4 Å². The summed E-state index contributed by atoms with van der Waals surface area (Å²) in [5.74, 6) is 1.60. The zero-order valence-electron chi connectivity index (χ0n) is 15.3. The molecule has 0 saturated carbocycles. The third-order valence-electron chi connectivity index (χ3n) is 5.21. The lowest BCUT2D eigenvalue weighted by atomic mass is 10.1. The number of nitrogens with two attached hydrogens (primary N) is 1. The SMILES string of the molecule is Cc1ncc(Cc2cccc3c2NC(NC2CCN(CCN)CC2)N3)o1. The van der Waals surface area contributed by atoms with Crippen LogP contribution in [0.2, 0.25) is 0 Å². The molecule has 0 bridgehead atoms. The molecule has 0 radical (unpaired) electrons. The Morgan fingerprint density at radius 2 is 2.15 bits per heavy atom. The summed E-state index contributed by atoms with van der Waals surface area (Å²) in [6.45, 7) is 5.85. The van der Waals surface area contributed by atoms with Crippen molar-refractivity contribution < 1.29 is 4.42 Å². The minimum absolute atomic E-state index is 0.0636. The molecule has 1 aromatic heterocycles. The van der Waals surface area contributed by atoms with Crippen LogP contribution in [0.5, 0.6) is 0 Å². The summed E-state index contributed by atoms with van der Waals surface area (Å²) in [5, 5.41) is 10.9. The molecule has 1 fully saturated rings. The molecule has 26 heavy (non-hydrogen) atoms. The van der Waals surface area contributed by atoms with E-state index in [2.05, 4.69) is 44.0 Å². The van der Waals surface area contributed by atoms with Crippen LogP contribution in [0, 0.1) is 6.92 Å². The number of aryl methyl sites for hydroxylation is 1. The Morgan fingerprint density at radius 3 is 2.88 bits per heavy atom. The molecule has 0 aliphatic carbocycles. The number of hydrogen-bond acceptors (Lipinski definition) is 7. The van der Waals surface area contributed by atoms with Gasteiger partial charge < -0.3 is 25.7 Å². The van der Waals surface area contributed by atoms with Crippen LogP contribution >= 0.6 is 0 Å². The quantitative estimate of drug-likeness (QED) is 0.626. The first-order chi connectivity index (χ1) is 12.7. The summed E-state index contributed by atoms with van der Waals surface area (Å²) in [4.78, 5) is 6.64. The van der Waals surface area contributed by atoms with Gasteiger partial charge in [0.1, 0.15) is 5.76 Å². The average Bonchev–Trinajstić information content (AvgIpc) is 3.23. The lowest BCUT2D eigenvalue weighted by Crippen LogP contribution is -2.50. The lowest BCUT2D eigenvalue weighted by molar-refractivity contribution is 0.199. The van der Waals surface area contributed by atoms with Crippen molar-refractivity contribution in [1.82, 2.24) is 15.2 Å². The fourth-order valence-corrected chi connectivity index (χ4v) is 3.87. The molecule has 1 saturated heterocycles. The second kappa shape index (κ2) is 7.65. The molecule has 1 aromatic carbocycles. The first-order valence-electron chi connectivity index (χ1n) is 9.46. The van der Waals surface area contributed by atoms with E-state index in [0.717, 1.165) is 62.6 Å². The van der Waals surface area contributed by atoms with E-state index in [-0.39, 0.29) is 6.29 Å². The van der Waals surface area contributed by atoms with E-state index in [1.54, 1.807) is 0 Å². The van der Waals surface area contributed by atoms with Crippen LogP contribution in [0.1, 0.15) is 30.1 Å². The van der Waals surface area contributed by atoms with Gasteiger partial charge in [0.25, 0.3) is 0 Å². The number of rotatable bonds is 6. The van der Waals surface area contributed by atoms with E-state index in [1.807, 2.05) is 13.1 Å². The molecule has 3 heterocycles. The largest absolute Gasteiger partial charge is 0.446 e. The number of likely N-dealkylation sites (tertiary alicyclic amines) is 1. The summed E-state index contributed by atoms with van der Waals surface area (Å²) >= 11 is 0. The number of piperidine rings is 1. The summed E-state index contributed by atoms with van der Waals surface area (Å²) in [7, 11) is 0. The lowest BCUT2D eigenvalue weighted by Gasteiger charge is -2.33. The predicted molar refractivity (Wildman–Crippen MR) is 103 cm³/mol. The van der Waals surface area contributed by atoms with E-state index < -0.39 is 0 Å². The highest BCUT2D eigenvalue weighted by atomic mass is 16.3. The highest BCUT2D eigenvalue weighted by Crippen LogP contribution is 2.33. The summed E-state index contributed by atoms with van der Waals surface area (Å²) in [6.07, 6.45) is 4.92. The summed E-state index contributed by atoms with van der Waals surface area (Å²) in [6, 6.07) is 6.85. The molecule has 2 aliphatic heterocycles. The Hall–Kier alpha value is -2.09. The smallest absolute Gasteiger partial charge is 0.191 e. The van der Waals surface area contributed by atoms with Gasteiger partial charge in [0.2, 0.25) is 0 Å². The molecular formula is C19H28N6O. The van der Waals surface area contributed by atoms with Gasteiger partial charge in [-0.15, -0.1) is 0 Å². The van der Waals surface area contributed by atoms with Crippen LogP contribution in [-0.4, -0.2) is 48.4 Å². The molecule has 0 spiro atoms. The molecule has 7 nitrogen and oxygen atoms in total. The van der Waals surface area contributed by atoms with Crippen LogP contribution in [0.15, 0.2) is 28.8 Å². The van der Waals surface area contributed by atoms with Crippen LogP contribution in [0.4, 0.5) is 11.4 Å². The Kier molecular flexibility index (Phi) is 5.10. The Bertz CT molecular complexity index is 737. The molecule has 1 atom stereocenters. The molecule has 0 amide bonds. The number of anilines is 2. The average molecular weight is 356 g/mol. The van der Waals surface area contributed by atoms with E-state index in [0.29, 0.717) is 11.9 Å². The van der Waals surface area contributed by atoms with E-state index in [1.165, 1.54) is 5.56 Å². The molecule has 7 heteroatoms. The zero-order valence-corrected chi connectivity index (χ0v) is 15.3. The number of benzene rings is 1. The van der Waals surface area contributed by atoms with Gasteiger partial charge in [-0.2, -0.15) is 0 Å². The number of nitrogens with zero attached hydrogens (tertiary/aromatic N) is 2.